The number of amides is 1. The van der Waals surface area contributed by atoms with E-state index in [1.165, 1.54) is 6.07 Å². The van der Waals surface area contributed by atoms with Crippen molar-refractivity contribution in [1.29, 1.82) is 0 Å². The third-order valence-corrected chi connectivity index (χ3v) is 4.84. The van der Waals surface area contributed by atoms with Gasteiger partial charge in [-0.15, -0.1) is 0 Å². The number of hydrogen-bond acceptors (Lipinski definition) is 3. The Kier molecular flexibility index (Phi) is 4.45. The van der Waals surface area contributed by atoms with E-state index >= 15 is 0 Å². The molecule has 1 fully saturated rings. The minimum Gasteiger partial charge on any atom is -0.486 e. The van der Waals surface area contributed by atoms with Gasteiger partial charge in [0, 0.05) is 5.92 Å². The van der Waals surface area contributed by atoms with Crippen molar-refractivity contribution >= 4 is 5.91 Å². The fourth-order valence-corrected chi connectivity index (χ4v) is 3.31. The lowest BCUT2D eigenvalue weighted by atomic mass is 10.1. The highest BCUT2D eigenvalue weighted by molar-refractivity contribution is 5.82. The van der Waals surface area contributed by atoms with Crippen LogP contribution in [-0.4, -0.2) is 25.2 Å². The van der Waals surface area contributed by atoms with Crippen molar-refractivity contribution in [3.63, 3.8) is 0 Å². The number of carbonyl (C=O) groups excluding carboxylic acids is 1. The van der Waals surface area contributed by atoms with Gasteiger partial charge in [0.05, 0.1) is 12.1 Å². The summed E-state index contributed by atoms with van der Waals surface area (Å²) in [6.45, 7) is 0.623. The van der Waals surface area contributed by atoms with Crippen molar-refractivity contribution in [3.05, 3.63) is 59.7 Å². The van der Waals surface area contributed by atoms with E-state index in [0.29, 0.717) is 36.6 Å². The molecular formula is C20H18F3NO3. The van der Waals surface area contributed by atoms with Gasteiger partial charge in [-0.05, 0) is 36.1 Å². The average molecular weight is 377 g/mol. The zero-order valence-corrected chi connectivity index (χ0v) is 14.3. The third kappa shape index (κ3) is 3.86. The number of halogens is 3. The first kappa shape index (κ1) is 17.7. The van der Waals surface area contributed by atoms with Gasteiger partial charge in [0.2, 0.25) is 5.91 Å². The minimum atomic E-state index is -4.38. The Hall–Kier alpha value is -2.70. The molecule has 3 unspecified atom stereocenters. The SMILES string of the molecule is O=C(NCC1COc2ccccc2O1)C1CC1c1cccc(C(F)(F)F)c1. The zero-order chi connectivity index (χ0) is 19.0. The van der Waals surface area contributed by atoms with Gasteiger partial charge < -0.3 is 14.8 Å². The van der Waals surface area contributed by atoms with Crippen molar-refractivity contribution in [2.75, 3.05) is 13.2 Å². The van der Waals surface area contributed by atoms with Crippen molar-refractivity contribution < 1.29 is 27.4 Å². The van der Waals surface area contributed by atoms with Crippen LogP contribution in [0.4, 0.5) is 13.2 Å². The lowest BCUT2D eigenvalue weighted by molar-refractivity contribution is -0.137. The van der Waals surface area contributed by atoms with E-state index in [2.05, 4.69) is 5.32 Å². The summed E-state index contributed by atoms with van der Waals surface area (Å²) in [5.41, 5.74) is -0.131. The van der Waals surface area contributed by atoms with Gasteiger partial charge in [-0.3, -0.25) is 4.79 Å². The topological polar surface area (TPSA) is 47.6 Å². The van der Waals surface area contributed by atoms with Gasteiger partial charge >= 0.3 is 6.18 Å². The van der Waals surface area contributed by atoms with Crippen LogP contribution in [0, 0.1) is 5.92 Å². The second-order valence-corrected chi connectivity index (χ2v) is 6.81. The number of para-hydroxylation sites is 2. The van der Waals surface area contributed by atoms with Crippen LogP contribution in [-0.2, 0) is 11.0 Å². The summed E-state index contributed by atoms with van der Waals surface area (Å²) >= 11 is 0. The molecule has 1 aliphatic heterocycles. The summed E-state index contributed by atoms with van der Waals surface area (Å²) in [5, 5.41) is 2.82. The van der Waals surface area contributed by atoms with Crippen molar-refractivity contribution in [1.82, 2.24) is 5.32 Å². The van der Waals surface area contributed by atoms with Crippen LogP contribution in [0.1, 0.15) is 23.5 Å². The van der Waals surface area contributed by atoms with Crippen LogP contribution in [0.5, 0.6) is 11.5 Å². The summed E-state index contributed by atoms with van der Waals surface area (Å²) in [6.07, 6.45) is -4.12. The molecule has 4 nitrogen and oxygen atoms in total. The summed E-state index contributed by atoms with van der Waals surface area (Å²) in [4.78, 5) is 12.3. The Morgan fingerprint density at radius 3 is 2.67 bits per heavy atom. The molecule has 142 valence electrons. The first-order chi connectivity index (χ1) is 12.9. The second-order valence-electron chi connectivity index (χ2n) is 6.81. The van der Waals surface area contributed by atoms with E-state index in [1.54, 1.807) is 12.1 Å². The highest BCUT2D eigenvalue weighted by atomic mass is 19.4. The fourth-order valence-electron chi connectivity index (χ4n) is 3.31. The Morgan fingerprint density at radius 2 is 1.89 bits per heavy atom. The molecule has 1 saturated carbocycles. The van der Waals surface area contributed by atoms with E-state index < -0.39 is 11.7 Å². The standard InChI is InChI=1S/C20H18F3NO3/c21-20(22,23)13-5-3-4-12(8-13)15-9-16(15)19(25)24-10-14-11-26-17-6-1-2-7-18(17)27-14/h1-8,14-16H,9-11H2,(H,24,25). The maximum Gasteiger partial charge on any atom is 0.416 e. The van der Waals surface area contributed by atoms with E-state index in [1.807, 2.05) is 18.2 Å². The van der Waals surface area contributed by atoms with Crippen LogP contribution < -0.4 is 14.8 Å². The van der Waals surface area contributed by atoms with Crippen molar-refractivity contribution in [2.45, 2.75) is 24.6 Å². The predicted octanol–water partition coefficient (Wildman–Crippen LogP) is 3.77. The molecule has 1 aliphatic carbocycles. The third-order valence-electron chi connectivity index (χ3n) is 4.84. The van der Waals surface area contributed by atoms with E-state index in [9.17, 15) is 18.0 Å². The summed E-state index contributed by atoms with van der Waals surface area (Å²) in [7, 11) is 0. The van der Waals surface area contributed by atoms with Gasteiger partial charge in [0.25, 0.3) is 0 Å². The van der Waals surface area contributed by atoms with Gasteiger partial charge in [-0.1, -0.05) is 30.3 Å². The summed E-state index contributed by atoms with van der Waals surface area (Å²) in [6, 6.07) is 12.5. The molecule has 2 aromatic rings. The fraction of sp³-hybridized carbons (Fsp3) is 0.350. The summed E-state index contributed by atoms with van der Waals surface area (Å²) in [5.74, 6) is 0.671. The number of carbonyl (C=O) groups is 1. The van der Waals surface area contributed by atoms with Crippen molar-refractivity contribution in [3.8, 4) is 11.5 Å². The van der Waals surface area contributed by atoms with Crippen molar-refractivity contribution in [2.24, 2.45) is 5.92 Å². The highest BCUT2D eigenvalue weighted by Crippen LogP contribution is 2.48. The number of ether oxygens (including phenoxy) is 2. The Balaban J connectivity index is 1.31. The molecule has 0 spiro atoms. The van der Waals surface area contributed by atoms with Gasteiger partial charge in [-0.2, -0.15) is 13.2 Å². The Bertz CT molecular complexity index is 852. The van der Waals surface area contributed by atoms with Crippen LogP contribution in [0.3, 0.4) is 0 Å². The molecule has 27 heavy (non-hydrogen) atoms. The minimum absolute atomic E-state index is 0.167. The van der Waals surface area contributed by atoms with Crippen LogP contribution >= 0.6 is 0 Å². The normalized spacial score (nSPS) is 23.6. The highest BCUT2D eigenvalue weighted by Gasteiger charge is 2.44. The van der Waals surface area contributed by atoms with Gasteiger partial charge in [0.1, 0.15) is 12.7 Å². The zero-order valence-electron chi connectivity index (χ0n) is 14.3. The monoisotopic (exact) mass is 377 g/mol. The molecule has 0 radical (unpaired) electrons. The molecule has 1 N–H and O–H groups in total. The lowest BCUT2D eigenvalue weighted by Gasteiger charge is -2.26. The average Bonchev–Trinajstić information content (AvgIpc) is 3.46. The molecule has 2 aromatic carbocycles. The molecule has 3 atom stereocenters. The van der Waals surface area contributed by atoms with Crippen LogP contribution in [0.2, 0.25) is 0 Å². The number of benzene rings is 2. The maximum absolute atomic E-state index is 12.8. The number of hydrogen-bond donors (Lipinski definition) is 1. The quantitative estimate of drug-likeness (QED) is 0.883. The first-order valence-corrected chi connectivity index (χ1v) is 8.75. The molecule has 1 amide bonds. The number of rotatable bonds is 4. The van der Waals surface area contributed by atoms with Gasteiger partial charge in [-0.25, -0.2) is 0 Å². The molecule has 0 bridgehead atoms. The lowest BCUT2D eigenvalue weighted by Crippen LogP contribution is -2.41. The van der Waals surface area contributed by atoms with Crippen LogP contribution in [0.15, 0.2) is 48.5 Å². The second kappa shape index (κ2) is 6.79. The predicted molar refractivity (Wildman–Crippen MR) is 91.7 cm³/mol. The Labute approximate surface area is 154 Å². The first-order valence-electron chi connectivity index (χ1n) is 8.75. The number of fused-ring (bicyclic) bond motifs is 1. The smallest absolute Gasteiger partial charge is 0.416 e. The summed E-state index contributed by atoms with van der Waals surface area (Å²) < 4.78 is 49.9. The molecular weight excluding hydrogens is 359 g/mol. The largest absolute Gasteiger partial charge is 0.486 e. The molecule has 0 saturated heterocycles. The molecule has 0 aromatic heterocycles. The molecule has 7 heteroatoms. The molecule has 4 rings (SSSR count). The van der Waals surface area contributed by atoms with E-state index in [4.69, 9.17) is 9.47 Å². The molecule has 1 heterocycles. The van der Waals surface area contributed by atoms with Gasteiger partial charge in [0.15, 0.2) is 11.5 Å². The molecule has 2 aliphatic rings. The number of nitrogens with one attached hydrogen (secondary N) is 1. The van der Waals surface area contributed by atoms with E-state index in [-0.39, 0.29) is 23.8 Å². The Morgan fingerprint density at radius 1 is 1.11 bits per heavy atom. The van der Waals surface area contributed by atoms with E-state index in [0.717, 1.165) is 12.1 Å². The maximum atomic E-state index is 12.8. The van der Waals surface area contributed by atoms with Crippen LogP contribution in [0.25, 0.3) is 0 Å². The number of alkyl halides is 3.